The van der Waals surface area contributed by atoms with Crippen LogP contribution in [-0.4, -0.2) is 65.5 Å². The van der Waals surface area contributed by atoms with Gasteiger partial charge in [-0.3, -0.25) is 14.4 Å². The van der Waals surface area contributed by atoms with E-state index in [1.165, 1.54) is 29.7 Å². The quantitative estimate of drug-likeness (QED) is 0.326. The lowest BCUT2D eigenvalue weighted by molar-refractivity contribution is -0.139. The molecule has 230 valence electrons. The summed E-state index contributed by atoms with van der Waals surface area (Å²) in [7, 11) is 0. The molecule has 0 radical (unpaired) electrons. The summed E-state index contributed by atoms with van der Waals surface area (Å²) < 4.78 is 17.1. The number of piperidine rings is 1. The first-order valence-corrected chi connectivity index (χ1v) is 16.0. The molecule has 1 N–H and O–H groups in total. The molecule has 10 nitrogen and oxygen atoms in total. The van der Waals surface area contributed by atoms with Gasteiger partial charge in [0.15, 0.2) is 0 Å². The highest BCUT2D eigenvalue weighted by Gasteiger charge is 2.36. The predicted octanol–water partition coefficient (Wildman–Crippen LogP) is 4.67. The number of hydrogen-bond acceptors (Lipinski definition) is 9. The number of esters is 2. The van der Waals surface area contributed by atoms with Gasteiger partial charge in [0.25, 0.3) is 5.91 Å². The molecule has 1 aromatic heterocycles. The standard InChI is InChI=1S/C33H35N3O7S/c1-20(35-31(38)28-18-44-19-34-28)30(23-8-6-22(7-9-23)21-4-5-21)42-26-12-10-24(11-13-26)33(40)43-27-3-2-14-36(16-27)32(39)25-15-29(37)41-17-25/h6-13,18-21,25,27,30H,2-5,14-17H2,1H3,(H,35,38)/t20-,25+,27-,30-/m0/s1. The normalized spacial score (nSPS) is 21.2. The van der Waals surface area contributed by atoms with E-state index >= 15 is 0 Å². The lowest BCUT2D eigenvalue weighted by atomic mass is 10.00. The molecule has 0 spiro atoms. The summed E-state index contributed by atoms with van der Waals surface area (Å²) in [6.45, 7) is 2.86. The van der Waals surface area contributed by atoms with Crippen molar-refractivity contribution in [2.24, 2.45) is 5.92 Å². The average Bonchev–Trinajstić information content (AvgIpc) is 3.55. The summed E-state index contributed by atoms with van der Waals surface area (Å²) in [5, 5.41) is 4.72. The number of thiazole rings is 1. The molecule has 3 aromatic rings. The van der Waals surface area contributed by atoms with Gasteiger partial charge in [-0.05, 0) is 73.9 Å². The largest absolute Gasteiger partial charge is 0.484 e. The second-order valence-corrected chi connectivity index (χ2v) is 12.4. The molecule has 3 heterocycles. The monoisotopic (exact) mass is 617 g/mol. The number of benzene rings is 2. The number of likely N-dealkylation sites (tertiary alicyclic amines) is 1. The average molecular weight is 618 g/mol. The molecule has 3 fully saturated rings. The fourth-order valence-electron chi connectivity index (χ4n) is 5.71. The van der Waals surface area contributed by atoms with Crippen molar-refractivity contribution < 1.29 is 33.4 Å². The Morgan fingerprint density at radius 1 is 1.07 bits per heavy atom. The molecule has 3 aliphatic rings. The first-order valence-electron chi connectivity index (χ1n) is 15.0. The van der Waals surface area contributed by atoms with Crippen LogP contribution in [0.2, 0.25) is 0 Å². The van der Waals surface area contributed by atoms with Gasteiger partial charge in [0.05, 0.1) is 36.0 Å². The number of rotatable bonds is 10. The topological polar surface area (TPSA) is 124 Å². The Hall–Kier alpha value is -4.25. The third kappa shape index (κ3) is 7.10. The van der Waals surface area contributed by atoms with Gasteiger partial charge in [0, 0.05) is 11.9 Å². The minimum atomic E-state index is -0.491. The van der Waals surface area contributed by atoms with Crippen molar-refractivity contribution in [3.8, 4) is 5.75 Å². The summed E-state index contributed by atoms with van der Waals surface area (Å²) in [5.74, 6) is -0.542. The highest BCUT2D eigenvalue weighted by atomic mass is 32.1. The molecule has 2 amide bonds. The summed E-state index contributed by atoms with van der Waals surface area (Å²) in [4.78, 5) is 55.8. The highest BCUT2D eigenvalue weighted by Crippen LogP contribution is 2.40. The van der Waals surface area contributed by atoms with E-state index in [0.29, 0.717) is 48.9 Å². The third-order valence-electron chi connectivity index (χ3n) is 8.32. The van der Waals surface area contributed by atoms with Gasteiger partial charge in [0.1, 0.15) is 30.3 Å². The molecule has 1 aliphatic carbocycles. The number of cyclic esters (lactones) is 1. The molecule has 2 saturated heterocycles. The van der Waals surface area contributed by atoms with Gasteiger partial charge in [-0.2, -0.15) is 0 Å². The van der Waals surface area contributed by atoms with Crippen molar-refractivity contribution in [3.05, 3.63) is 81.8 Å². The van der Waals surface area contributed by atoms with Crippen LogP contribution in [0.25, 0.3) is 0 Å². The molecule has 0 unspecified atom stereocenters. The molecular formula is C33H35N3O7S. The van der Waals surface area contributed by atoms with Gasteiger partial charge in [-0.25, -0.2) is 9.78 Å². The Balaban J connectivity index is 1.09. The summed E-state index contributed by atoms with van der Waals surface area (Å²) in [6.07, 6.45) is 2.96. The molecule has 11 heteroatoms. The van der Waals surface area contributed by atoms with E-state index in [0.717, 1.165) is 5.56 Å². The number of ether oxygens (including phenoxy) is 3. The Morgan fingerprint density at radius 2 is 1.84 bits per heavy atom. The molecule has 6 rings (SSSR count). The fraction of sp³-hybridized carbons (Fsp3) is 0.424. The summed E-state index contributed by atoms with van der Waals surface area (Å²) >= 11 is 1.36. The Kier molecular flexibility index (Phi) is 8.92. The van der Waals surface area contributed by atoms with Gasteiger partial charge in [0.2, 0.25) is 5.91 Å². The number of carbonyl (C=O) groups is 4. The van der Waals surface area contributed by atoms with E-state index in [-0.39, 0.29) is 36.9 Å². The zero-order valence-electron chi connectivity index (χ0n) is 24.5. The van der Waals surface area contributed by atoms with E-state index < -0.39 is 24.1 Å². The molecule has 0 bridgehead atoms. The first-order chi connectivity index (χ1) is 21.3. The van der Waals surface area contributed by atoms with Crippen LogP contribution in [0, 0.1) is 5.92 Å². The zero-order chi connectivity index (χ0) is 30.6. The van der Waals surface area contributed by atoms with Crippen LogP contribution in [-0.2, 0) is 19.1 Å². The SMILES string of the molecule is C[C@H](NC(=O)c1cscn1)[C@H](Oc1ccc(C(=O)O[C@H]2CCCN(C(=O)[C@H]3COC(=O)C3)C2)cc1)c1ccc(C2CC2)cc1. The smallest absolute Gasteiger partial charge is 0.338 e. The van der Waals surface area contributed by atoms with Gasteiger partial charge in [-0.1, -0.05) is 24.3 Å². The van der Waals surface area contributed by atoms with Crippen LogP contribution in [0.4, 0.5) is 0 Å². The van der Waals surface area contributed by atoms with Crippen molar-refractivity contribution >= 4 is 35.1 Å². The molecule has 2 aliphatic heterocycles. The van der Waals surface area contributed by atoms with Crippen molar-refractivity contribution in [3.63, 3.8) is 0 Å². The van der Waals surface area contributed by atoms with E-state index in [1.807, 2.05) is 19.1 Å². The second kappa shape index (κ2) is 13.2. The Morgan fingerprint density at radius 3 is 2.50 bits per heavy atom. The number of nitrogens with one attached hydrogen (secondary N) is 1. The molecule has 1 saturated carbocycles. The maximum atomic E-state index is 13.0. The Bertz CT molecular complexity index is 1490. The molecule has 44 heavy (non-hydrogen) atoms. The lowest BCUT2D eigenvalue weighted by Gasteiger charge is -2.33. The van der Waals surface area contributed by atoms with Gasteiger partial charge in [-0.15, -0.1) is 11.3 Å². The highest BCUT2D eigenvalue weighted by molar-refractivity contribution is 7.07. The number of aromatic nitrogens is 1. The first kappa shape index (κ1) is 29.8. The van der Waals surface area contributed by atoms with Gasteiger partial charge >= 0.3 is 11.9 Å². The van der Waals surface area contributed by atoms with Crippen molar-refractivity contribution in [1.29, 1.82) is 0 Å². The summed E-state index contributed by atoms with van der Waals surface area (Å²) in [6, 6.07) is 14.7. The number of nitrogens with zero attached hydrogens (tertiary/aromatic N) is 2. The Labute approximate surface area is 259 Å². The van der Waals surface area contributed by atoms with Gasteiger partial charge < -0.3 is 24.4 Å². The van der Waals surface area contributed by atoms with Crippen LogP contribution < -0.4 is 10.1 Å². The van der Waals surface area contributed by atoms with Crippen LogP contribution in [0.3, 0.4) is 0 Å². The van der Waals surface area contributed by atoms with E-state index in [9.17, 15) is 19.2 Å². The van der Waals surface area contributed by atoms with E-state index in [1.54, 1.807) is 40.1 Å². The van der Waals surface area contributed by atoms with Crippen molar-refractivity contribution in [1.82, 2.24) is 15.2 Å². The minimum Gasteiger partial charge on any atom is -0.484 e. The fourth-order valence-corrected chi connectivity index (χ4v) is 6.25. The minimum absolute atomic E-state index is 0.0950. The van der Waals surface area contributed by atoms with Crippen LogP contribution in [0.15, 0.2) is 59.4 Å². The van der Waals surface area contributed by atoms with Crippen molar-refractivity contribution in [2.75, 3.05) is 19.7 Å². The number of carbonyl (C=O) groups excluding carboxylic acids is 4. The van der Waals surface area contributed by atoms with Crippen LogP contribution in [0.1, 0.15) is 83.0 Å². The second-order valence-electron chi connectivity index (χ2n) is 11.7. The molecular weight excluding hydrogens is 582 g/mol. The maximum Gasteiger partial charge on any atom is 0.338 e. The van der Waals surface area contributed by atoms with Crippen LogP contribution in [0.5, 0.6) is 5.75 Å². The van der Waals surface area contributed by atoms with Crippen LogP contribution >= 0.6 is 11.3 Å². The molecule has 2 aromatic carbocycles. The number of hydrogen-bond donors (Lipinski definition) is 1. The lowest BCUT2D eigenvalue weighted by Crippen LogP contribution is -2.46. The maximum absolute atomic E-state index is 13.0. The third-order valence-corrected chi connectivity index (χ3v) is 8.90. The van der Waals surface area contributed by atoms with E-state index in [2.05, 4.69) is 22.4 Å². The number of amides is 2. The van der Waals surface area contributed by atoms with Crippen molar-refractivity contribution in [2.45, 2.75) is 63.2 Å². The predicted molar refractivity (Wildman–Crippen MR) is 161 cm³/mol. The summed E-state index contributed by atoms with van der Waals surface area (Å²) in [5.41, 5.74) is 4.58. The van der Waals surface area contributed by atoms with E-state index in [4.69, 9.17) is 14.2 Å². The molecule has 4 atom stereocenters. The zero-order valence-corrected chi connectivity index (χ0v) is 25.3.